The second-order valence-corrected chi connectivity index (χ2v) is 9.00. The lowest BCUT2D eigenvalue weighted by Crippen LogP contribution is -2.48. The predicted molar refractivity (Wildman–Crippen MR) is 124 cm³/mol. The zero-order chi connectivity index (χ0) is 22.9. The Kier molecular flexibility index (Phi) is 6.08. The first kappa shape index (κ1) is 21.9. The van der Waals surface area contributed by atoms with E-state index in [-0.39, 0.29) is 11.7 Å². The molecule has 0 bridgehead atoms. The number of aryl methyl sites for hydroxylation is 1. The van der Waals surface area contributed by atoms with Crippen molar-refractivity contribution in [2.24, 2.45) is 0 Å². The number of hydrogen-bond acceptors (Lipinski definition) is 4. The molecule has 2 aliphatic heterocycles. The summed E-state index contributed by atoms with van der Waals surface area (Å²) >= 11 is 6.57. The van der Waals surface area contributed by atoms with Crippen molar-refractivity contribution in [1.29, 1.82) is 0 Å². The Morgan fingerprint density at radius 1 is 1.06 bits per heavy atom. The zero-order valence-corrected chi connectivity index (χ0v) is 19.3. The van der Waals surface area contributed by atoms with Crippen LogP contribution in [0.3, 0.4) is 0 Å². The van der Waals surface area contributed by atoms with Gasteiger partial charge in [0.2, 0.25) is 0 Å². The van der Waals surface area contributed by atoms with Crippen molar-refractivity contribution >= 4 is 17.5 Å². The fourth-order valence-corrected chi connectivity index (χ4v) is 4.84. The van der Waals surface area contributed by atoms with Crippen LogP contribution < -0.4 is 4.74 Å². The Bertz CT molecular complexity index is 1170. The number of halogens is 2. The smallest absolute Gasteiger partial charge is 0.258 e. The van der Waals surface area contributed by atoms with Gasteiger partial charge in [-0.3, -0.25) is 9.69 Å². The highest BCUT2D eigenvalue weighted by Gasteiger charge is 2.28. The molecule has 0 radical (unpaired) electrons. The average Bonchev–Trinajstić information content (AvgIpc) is 3.39. The van der Waals surface area contributed by atoms with E-state index < -0.39 is 0 Å². The molecule has 6 nitrogen and oxygen atoms in total. The molecule has 0 saturated carbocycles. The van der Waals surface area contributed by atoms with Crippen LogP contribution in [0.1, 0.15) is 32.7 Å². The summed E-state index contributed by atoms with van der Waals surface area (Å²) in [6.45, 7) is 6.71. The van der Waals surface area contributed by atoms with Crippen molar-refractivity contribution in [3.63, 3.8) is 0 Å². The van der Waals surface area contributed by atoms with Gasteiger partial charge in [-0.25, -0.2) is 9.07 Å². The van der Waals surface area contributed by atoms with Gasteiger partial charge in [0, 0.05) is 39.1 Å². The first-order chi connectivity index (χ1) is 16.0. The minimum absolute atomic E-state index is 0.0859. The van der Waals surface area contributed by atoms with Crippen molar-refractivity contribution in [1.82, 2.24) is 19.6 Å². The monoisotopic (exact) mass is 468 g/mol. The predicted octanol–water partition coefficient (Wildman–Crippen LogP) is 3.93. The number of fused-ring (bicyclic) bond motifs is 1. The molecule has 2 aliphatic rings. The number of carbonyl (C=O) groups excluding carboxylic acids is 1. The summed E-state index contributed by atoms with van der Waals surface area (Å²) < 4.78 is 20.4. The quantitative estimate of drug-likeness (QED) is 0.569. The minimum atomic E-state index is -0.290. The normalized spacial score (nSPS) is 16.0. The largest absolute Gasteiger partial charge is 0.493 e. The summed E-state index contributed by atoms with van der Waals surface area (Å²) in [7, 11) is 0. The molecular formula is C25H26ClFN4O2. The summed E-state index contributed by atoms with van der Waals surface area (Å²) in [6.07, 6.45) is 0.973. The first-order valence-corrected chi connectivity index (χ1v) is 11.6. The maximum atomic E-state index is 13.3. The number of benzene rings is 2. The summed E-state index contributed by atoms with van der Waals surface area (Å²) in [5.74, 6) is 0.625. The molecule has 0 atom stereocenters. The van der Waals surface area contributed by atoms with E-state index in [0.717, 1.165) is 44.0 Å². The van der Waals surface area contributed by atoms with Gasteiger partial charge in [-0.05, 0) is 41.8 Å². The van der Waals surface area contributed by atoms with E-state index >= 15 is 0 Å². The number of hydrogen-bond donors (Lipinski definition) is 0. The van der Waals surface area contributed by atoms with Crippen molar-refractivity contribution < 1.29 is 13.9 Å². The lowest BCUT2D eigenvalue weighted by Gasteiger charge is -2.34. The Labute approximate surface area is 197 Å². The lowest BCUT2D eigenvalue weighted by molar-refractivity contribution is 0.0628. The molecule has 5 rings (SSSR count). The van der Waals surface area contributed by atoms with Crippen LogP contribution >= 0.6 is 11.6 Å². The number of nitrogens with zero attached hydrogens (tertiary/aromatic N) is 4. The molecule has 1 amide bonds. The second kappa shape index (κ2) is 9.15. The standard InChI is InChI=1S/C25H26ClFN4O2/c1-17-23(24(26)31(28-17)16-18-2-5-21(27)6-3-18)25(32)30-11-9-29(10-12-30)15-19-4-7-22-20(14-19)8-13-33-22/h2-7,14H,8-13,15-16H2,1H3. The zero-order valence-electron chi connectivity index (χ0n) is 18.6. The molecular weight excluding hydrogens is 443 g/mol. The van der Waals surface area contributed by atoms with Crippen LogP contribution in [0.4, 0.5) is 4.39 Å². The Balaban J connectivity index is 1.22. The highest BCUT2D eigenvalue weighted by molar-refractivity contribution is 6.33. The molecule has 0 unspecified atom stereocenters. The minimum Gasteiger partial charge on any atom is -0.493 e. The van der Waals surface area contributed by atoms with Gasteiger partial charge in [0.15, 0.2) is 0 Å². The number of piperazine rings is 1. The molecule has 33 heavy (non-hydrogen) atoms. The van der Waals surface area contributed by atoms with Gasteiger partial charge in [-0.15, -0.1) is 0 Å². The summed E-state index contributed by atoms with van der Waals surface area (Å²) in [4.78, 5) is 17.5. The third-order valence-electron chi connectivity index (χ3n) is 6.34. The SMILES string of the molecule is Cc1nn(Cc2ccc(F)cc2)c(Cl)c1C(=O)N1CCN(Cc2ccc3c(c2)CCO3)CC1. The van der Waals surface area contributed by atoms with Gasteiger partial charge in [-0.1, -0.05) is 35.9 Å². The first-order valence-electron chi connectivity index (χ1n) is 11.2. The molecule has 0 spiro atoms. The molecule has 1 aromatic heterocycles. The van der Waals surface area contributed by atoms with Gasteiger partial charge >= 0.3 is 0 Å². The summed E-state index contributed by atoms with van der Waals surface area (Å²) in [5, 5.41) is 4.79. The van der Waals surface area contributed by atoms with E-state index in [4.69, 9.17) is 16.3 Å². The number of aromatic nitrogens is 2. The van der Waals surface area contributed by atoms with Crippen LogP contribution in [0.15, 0.2) is 42.5 Å². The van der Waals surface area contributed by atoms with Crippen molar-refractivity contribution in [3.05, 3.63) is 81.4 Å². The maximum absolute atomic E-state index is 13.3. The van der Waals surface area contributed by atoms with E-state index in [0.29, 0.717) is 36.0 Å². The van der Waals surface area contributed by atoms with Crippen LogP contribution in [-0.2, 0) is 19.5 Å². The second-order valence-electron chi connectivity index (χ2n) is 8.64. The van der Waals surface area contributed by atoms with E-state index in [9.17, 15) is 9.18 Å². The van der Waals surface area contributed by atoms with E-state index in [1.165, 1.54) is 23.3 Å². The molecule has 8 heteroatoms. The van der Waals surface area contributed by atoms with E-state index in [1.54, 1.807) is 23.7 Å². The third kappa shape index (κ3) is 4.61. The molecule has 0 N–H and O–H groups in total. The third-order valence-corrected chi connectivity index (χ3v) is 6.73. The lowest BCUT2D eigenvalue weighted by atomic mass is 10.1. The van der Waals surface area contributed by atoms with Crippen LogP contribution in [0.25, 0.3) is 0 Å². The molecule has 3 heterocycles. The van der Waals surface area contributed by atoms with Gasteiger partial charge in [0.05, 0.1) is 24.4 Å². The maximum Gasteiger partial charge on any atom is 0.258 e. The molecule has 2 aromatic carbocycles. The van der Waals surface area contributed by atoms with Crippen LogP contribution in [0.5, 0.6) is 5.75 Å². The highest BCUT2D eigenvalue weighted by atomic mass is 35.5. The fraction of sp³-hybridized carbons (Fsp3) is 0.360. The van der Waals surface area contributed by atoms with Crippen molar-refractivity contribution in [2.75, 3.05) is 32.8 Å². The average molecular weight is 469 g/mol. The summed E-state index contributed by atoms with van der Waals surface area (Å²) in [6, 6.07) is 12.6. The molecule has 1 saturated heterocycles. The highest BCUT2D eigenvalue weighted by Crippen LogP contribution is 2.27. The molecule has 172 valence electrons. The Morgan fingerprint density at radius 3 is 2.55 bits per heavy atom. The number of carbonyl (C=O) groups is 1. The van der Waals surface area contributed by atoms with E-state index in [1.807, 2.05) is 4.90 Å². The van der Waals surface area contributed by atoms with E-state index in [2.05, 4.69) is 28.2 Å². The van der Waals surface area contributed by atoms with Gasteiger partial charge < -0.3 is 9.64 Å². The van der Waals surface area contributed by atoms with Gasteiger partial charge in [0.1, 0.15) is 16.7 Å². The Morgan fingerprint density at radius 2 is 1.79 bits per heavy atom. The number of rotatable bonds is 5. The molecule has 0 aliphatic carbocycles. The number of amides is 1. The van der Waals surface area contributed by atoms with Crippen LogP contribution in [0.2, 0.25) is 5.15 Å². The van der Waals surface area contributed by atoms with Crippen molar-refractivity contribution in [2.45, 2.75) is 26.4 Å². The fourth-order valence-electron chi connectivity index (χ4n) is 4.53. The van der Waals surface area contributed by atoms with Gasteiger partial charge in [0.25, 0.3) is 5.91 Å². The molecule has 1 fully saturated rings. The van der Waals surface area contributed by atoms with Crippen LogP contribution in [0, 0.1) is 12.7 Å². The van der Waals surface area contributed by atoms with Crippen LogP contribution in [-0.4, -0.2) is 58.3 Å². The van der Waals surface area contributed by atoms with Gasteiger partial charge in [-0.2, -0.15) is 5.10 Å². The number of ether oxygens (including phenoxy) is 1. The Hall–Kier alpha value is -2.90. The summed E-state index contributed by atoms with van der Waals surface area (Å²) in [5.41, 5.74) is 4.48. The topological polar surface area (TPSA) is 50.6 Å². The van der Waals surface area contributed by atoms with Crippen molar-refractivity contribution in [3.8, 4) is 5.75 Å². The molecule has 3 aromatic rings.